The molecule has 1 aromatic carbocycles. The fourth-order valence-electron chi connectivity index (χ4n) is 4.90. The summed E-state index contributed by atoms with van der Waals surface area (Å²) in [6.45, 7) is 1.57. The molecule has 1 amide bonds. The Labute approximate surface area is 225 Å². The number of carbonyl (C=O) groups is 1. The van der Waals surface area contributed by atoms with Crippen LogP contribution in [0.5, 0.6) is 5.75 Å². The molecule has 3 aromatic heterocycles. The third-order valence-electron chi connectivity index (χ3n) is 6.83. The molecule has 14 heteroatoms. The monoisotopic (exact) mass is 558 g/mol. The van der Waals surface area contributed by atoms with Gasteiger partial charge in [-0.3, -0.25) is 14.2 Å². The number of carbonyl (C=O) groups excluding carboxylic acids is 1. The molecule has 1 unspecified atom stereocenters. The van der Waals surface area contributed by atoms with Crippen LogP contribution in [0.15, 0.2) is 40.2 Å². The molecule has 0 spiro atoms. The number of methoxy groups -OCH3 is 1. The summed E-state index contributed by atoms with van der Waals surface area (Å²) in [5.41, 5.74) is -0.408. The first-order valence-corrected chi connectivity index (χ1v) is 13.0. The number of hydrogen-bond donors (Lipinski definition) is 1. The Balaban J connectivity index is 1.77. The van der Waals surface area contributed by atoms with Crippen molar-refractivity contribution in [2.24, 2.45) is 0 Å². The number of amides is 1. The predicted octanol–water partition coefficient (Wildman–Crippen LogP) is 1.41. The van der Waals surface area contributed by atoms with E-state index in [2.05, 4.69) is 10.2 Å². The third kappa shape index (κ3) is 4.64. The molecule has 0 saturated carbocycles. The number of halogens is 1. The van der Waals surface area contributed by atoms with Crippen LogP contribution < -0.4 is 16.0 Å². The highest BCUT2D eigenvalue weighted by Crippen LogP contribution is 2.34. The van der Waals surface area contributed by atoms with Crippen LogP contribution in [0.3, 0.4) is 0 Å². The van der Waals surface area contributed by atoms with E-state index in [0.29, 0.717) is 39.7 Å². The Morgan fingerprint density at radius 1 is 1.23 bits per heavy atom. The summed E-state index contributed by atoms with van der Waals surface area (Å²) < 4.78 is 28.0. The highest BCUT2D eigenvalue weighted by atomic mass is 32.1. The van der Waals surface area contributed by atoms with Gasteiger partial charge in [0.2, 0.25) is 5.91 Å². The minimum atomic E-state index is -0.961. The molecule has 206 valence electrons. The maximum Gasteiger partial charge on any atom is 0.332 e. The number of aromatic nitrogens is 5. The van der Waals surface area contributed by atoms with Gasteiger partial charge in [-0.05, 0) is 31.5 Å². The number of thiophene rings is 1. The number of rotatable bonds is 9. The number of likely N-dealkylation sites (N-methyl/N-ethyl adjacent to an activating group) is 1. The van der Waals surface area contributed by atoms with Gasteiger partial charge < -0.3 is 19.5 Å². The fraction of sp³-hybridized carbons (Fsp3) is 0.400. The molecular weight excluding hydrogens is 531 g/mol. The van der Waals surface area contributed by atoms with E-state index in [1.54, 1.807) is 14.0 Å². The van der Waals surface area contributed by atoms with Crippen molar-refractivity contribution >= 4 is 27.5 Å². The summed E-state index contributed by atoms with van der Waals surface area (Å²) in [6.07, 6.45) is 2.36. The van der Waals surface area contributed by atoms with Crippen LogP contribution >= 0.6 is 11.3 Å². The lowest BCUT2D eigenvalue weighted by Crippen LogP contribution is -2.44. The second kappa shape index (κ2) is 10.7. The smallest absolute Gasteiger partial charge is 0.332 e. The van der Waals surface area contributed by atoms with Gasteiger partial charge in [0.05, 0.1) is 44.6 Å². The van der Waals surface area contributed by atoms with Crippen molar-refractivity contribution < 1.29 is 23.8 Å². The summed E-state index contributed by atoms with van der Waals surface area (Å²) in [4.78, 5) is 43.9. The van der Waals surface area contributed by atoms with Crippen LogP contribution in [-0.2, 0) is 16.1 Å². The summed E-state index contributed by atoms with van der Waals surface area (Å²) in [7, 11) is 3.05. The van der Waals surface area contributed by atoms with Crippen LogP contribution in [0.4, 0.5) is 4.39 Å². The summed E-state index contributed by atoms with van der Waals surface area (Å²) in [6, 6.07) is 2.97. The van der Waals surface area contributed by atoms with Crippen molar-refractivity contribution in [3.8, 4) is 10.8 Å². The zero-order valence-electron chi connectivity index (χ0n) is 21.5. The first-order valence-electron chi connectivity index (χ1n) is 12.2. The number of benzene rings is 1. The van der Waals surface area contributed by atoms with Crippen molar-refractivity contribution in [1.82, 2.24) is 29.0 Å². The molecule has 0 aliphatic carbocycles. The van der Waals surface area contributed by atoms with E-state index in [-0.39, 0.29) is 31.1 Å². The van der Waals surface area contributed by atoms with Crippen LogP contribution in [-0.4, -0.2) is 74.0 Å². The number of aryl methyl sites for hydroxylation is 1. The topological polar surface area (TPSA) is 134 Å². The standard InChI is InChI=1S/C25H27FN6O6S/c1-14-20-22(35)31(17-6-9-29(2)21(17)34)25(36)30(24(20)39-23(14)32-27-7-8-28-32)13-19(38-11-10-33)16-12-15(26)4-5-18(16)37-3/h4-5,7-8,12,17,19,33H,6,9-11,13H2,1-3H3/t17?,19-/m0/s1. The molecule has 1 aliphatic rings. The Kier molecular flexibility index (Phi) is 7.34. The fourth-order valence-corrected chi connectivity index (χ4v) is 6.12. The maximum atomic E-state index is 14.3. The molecule has 12 nitrogen and oxygen atoms in total. The molecule has 4 heterocycles. The molecule has 5 rings (SSSR count). The molecule has 4 aromatic rings. The Morgan fingerprint density at radius 2 is 1.97 bits per heavy atom. The Morgan fingerprint density at radius 3 is 2.62 bits per heavy atom. The first-order chi connectivity index (χ1) is 18.8. The lowest BCUT2D eigenvalue weighted by atomic mass is 10.1. The predicted molar refractivity (Wildman–Crippen MR) is 140 cm³/mol. The Hall–Kier alpha value is -3.88. The second-order valence-corrected chi connectivity index (χ2v) is 10.1. The van der Waals surface area contributed by atoms with Crippen molar-refractivity contribution in [3.05, 3.63) is 68.4 Å². The zero-order valence-corrected chi connectivity index (χ0v) is 22.4. The van der Waals surface area contributed by atoms with Gasteiger partial charge in [0, 0.05) is 24.7 Å². The molecule has 0 bridgehead atoms. The van der Waals surface area contributed by atoms with E-state index in [1.807, 2.05) is 0 Å². The van der Waals surface area contributed by atoms with Gasteiger partial charge in [-0.1, -0.05) is 11.3 Å². The molecule has 1 N–H and O–H groups in total. The third-order valence-corrected chi connectivity index (χ3v) is 8.11. The molecule has 1 aliphatic heterocycles. The quantitative estimate of drug-likeness (QED) is 0.326. The van der Waals surface area contributed by atoms with Gasteiger partial charge in [0.25, 0.3) is 5.56 Å². The van der Waals surface area contributed by atoms with E-state index in [4.69, 9.17) is 9.47 Å². The van der Waals surface area contributed by atoms with E-state index in [1.165, 1.54) is 52.0 Å². The van der Waals surface area contributed by atoms with Gasteiger partial charge in [-0.15, -0.1) is 4.80 Å². The van der Waals surface area contributed by atoms with Crippen molar-refractivity contribution in [2.75, 3.05) is 33.9 Å². The van der Waals surface area contributed by atoms with Crippen LogP contribution in [0, 0.1) is 12.7 Å². The number of likely N-dealkylation sites (tertiary alicyclic amines) is 1. The van der Waals surface area contributed by atoms with E-state index >= 15 is 0 Å². The van der Waals surface area contributed by atoms with Gasteiger partial charge in [0.1, 0.15) is 33.5 Å². The van der Waals surface area contributed by atoms with Gasteiger partial charge in [0.15, 0.2) is 0 Å². The van der Waals surface area contributed by atoms with Crippen molar-refractivity contribution in [3.63, 3.8) is 0 Å². The number of fused-ring (bicyclic) bond motifs is 1. The average molecular weight is 559 g/mol. The van der Waals surface area contributed by atoms with E-state index < -0.39 is 29.2 Å². The van der Waals surface area contributed by atoms with Crippen LogP contribution in [0.2, 0.25) is 0 Å². The molecular formula is C25H27FN6O6S. The molecule has 0 radical (unpaired) electrons. The average Bonchev–Trinajstić information content (AvgIpc) is 3.65. The summed E-state index contributed by atoms with van der Waals surface area (Å²) in [5, 5.41) is 18.6. The van der Waals surface area contributed by atoms with Gasteiger partial charge >= 0.3 is 5.69 Å². The normalized spacial score (nSPS) is 16.4. The van der Waals surface area contributed by atoms with Crippen LogP contribution in [0.25, 0.3) is 15.2 Å². The van der Waals surface area contributed by atoms with E-state index in [9.17, 15) is 23.9 Å². The second-order valence-electron chi connectivity index (χ2n) is 9.13. The van der Waals surface area contributed by atoms with Crippen molar-refractivity contribution in [1.29, 1.82) is 0 Å². The SMILES string of the molecule is COc1ccc(F)cc1[C@H](Cn1c(=O)n(C2CCN(C)C2=O)c(=O)c2c(C)c(-n3nccn3)sc21)OCCO. The summed E-state index contributed by atoms with van der Waals surface area (Å²) >= 11 is 1.15. The number of aliphatic hydroxyl groups excluding tert-OH is 1. The molecule has 1 fully saturated rings. The highest BCUT2D eigenvalue weighted by Gasteiger charge is 2.35. The van der Waals surface area contributed by atoms with Crippen molar-refractivity contribution in [2.45, 2.75) is 32.0 Å². The Bertz CT molecular complexity index is 1650. The van der Waals surface area contributed by atoms with Gasteiger partial charge in [-0.25, -0.2) is 13.8 Å². The van der Waals surface area contributed by atoms with Crippen LogP contribution in [0.1, 0.15) is 29.7 Å². The minimum Gasteiger partial charge on any atom is -0.496 e. The first kappa shape index (κ1) is 26.7. The molecule has 1 saturated heterocycles. The minimum absolute atomic E-state index is 0.0975. The molecule has 2 atom stereocenters. The number of hydrogen-bond acceptors (Lipinski definition) is 9. The largest absolute Gasteiger partial charge is 0.496 e. The number of ether oxygens (including phenoxy) is 2. The number of nitrogens with zero attached hydrogens (tertiary/aromatic N) is 6. The maximum absolute atomic E-state index is 14.3. The van der Waals surface area contributed by atoms with E-state index in [0.717, 1.165) is 15.9 Å². The highest BCUT2D eigenvalue weighted by molar-refractivity contribution is 7.21. The molecule has 39 heavy (non-hydrogen) atoms. The lowest BCUT2D eigenvalue weighted by Gasteiger charge is -2.23. The summed E-state index contributed by atoms with van der Waals surface area (Å²) in [5.74, 6) is -0.542. The zero-order chi connectivity index (χ0) is 27.8. The lowest BCUT2D eigenvalue weighted by molar-refractivity contribution is -0.129. The van der Waals surface area contributed by atoms with Gasteiger partial charge in [-0.2, -0.15) is 10.2 Å². The number of aliphatic hydroxyl groups is 1.